The summed E-state index contributed by atoms with van der Waals surface area (Å²) in [6.07, 6.45) is 3.76. The Balaban J connectivity index is 1.54. The van der Waals surface area contributed by atoms with Gasteiger partial charge in [-0.15, -0.1) is 11.3 Å². The second kappa shape index (κ2) is 7.15. The molecule has 3 rings (SSSR count). The monoisotopic (exact) mass is 327 g/mol. The van der Waals surface area contributed by atoms with Crippen LogP contribution in [0.1, 0.15) is 29.2 Å². The second-order valence-corrected chi connectivity index (χ2v) is 6.11. The van der Waals surface area contributed by atoms with Crippen LogP contribution in [0.15, 0.2) is 48.4 Å². The van der Waals surface area contributed by atoms with Crippen LogP contribution >= 0.6 is 11.3 Å². The second-order valence-electron chi connectivity index (χ2n) is 5.16. The summed E-state index contributed by atoms with van der Waals surface area (Å²) in [5.41, 5.74) is 2.11. The first-order valence-corrected chi connectivity index (χ1v) is 8.19. The molecule has 0 fully saturated rings. The number of thiazole rings is 1. The zero-order valence-electron chi connectivity index (χ0n) is 12.7. The first-order valence-electron chi connectivity index (χ1n) is 7.31. The normalized spacial score (nSPS) is 12.0. The zero-order chi connectivity index (χ0) is 16.1. The van der Waals surface area contributed by atoms with E-state index in [-0.39, 0.29) is 11.9 Å². The third-order valence-electron chi connectivity index (χ3n) is 3.45. The van der Waals surface area contributed by atoms with E-state index in [2.05, 4.69) is 32.5 Å². The summed E-state index contributed by atoms with van der Waals surface area (Å²) in [5, 5.41) is 9.89. The Bertz CT molecular complexity index is 754. The Morgan fingerprint density at radius 2 is 2.17 bits per heavy atom. The van der Waals surface area contributed by atoms with Crippen LogP contribution in [0, 0.1) is 0 Å². The Kier molecular flexibility index (Phi) is 4.77. The van der Waals surface area contributed by atoms with E-state index in [9.17, 15) is 4.79 Å². The average Bonchev–Trinajstić information content (AvgIpc) is 3.25. The van der Waals surface area contributed by atoms with Gasteiger partial charge in [0, 0.05) is 11.8 Å². The van der Waals surface area contributed by atoms with Crippen molar-refractivity contribution in [1.82, 2.24) is 25.1 Å². The first kappa shape index (κ1) is 15.4. The van der Waals surface area contributed by atoms with Gasteiger partial charge in [-0.3, -0.25) is 4.79 Å². The molecule has 0 bridgehead atoms. The first-order chi connectivity index (χ1) is 11.2. The molecule has 1 amide bonds. The van der Waals surface area contributed by atoms with Gasteiger partial charge in [0.15, 0.2) is 0 Å². The molecule has 2 aromatic heterocycles. The van der Waals surface area contributed by atoms with Crippen LogP contribution in [0.25, 0.3) is 0 Å². The van der Waals surface area contributed by atoms with Crippen molar-refractivity contribution in [1.29, 1.82) is 0 Å². The molecule has 0 aliphatic carbocycles. The van der Waals surface area contributed by atoms with Crippen LogP contribution in [-0.2, 0) is 17.8 Å². The Hall–Kier alpha value is -2.54. The van der Waals surface area contributed by atoms with E-state index in [4.69, 9.17) is 0 Å². The third kappa shape index (κ3) is 4.01. The molecule has 1 N–H and O–H groups in total. The molecule has 1 aromatic carbocycles. The van der Waals surface area contributed by atoms with Crippen molar-refractivity contribution < 1.29 is 4.79 Å². The Morgan fingerprint density at radius 1 is 1.35 bits per heavy atom. The molecule has 2 heterocycles. The highest BCUT2D eigenvalue weighted by molar-refractivity contribution is 7.09. The molecule has 0 saturated carbocycles. The van der Waals surface area contributed by atoms with E-state index in [1.807, 2.05) is 23.6 Å². The van der Waals surface area contributed by atoms with Gasteiger partial charge in [0.1, 0.15) is 18.7 Å². The highest BCUT2D eigenvalue weighted by Crippen LogP contribution is 2.15. The Labute approximate surface area is 138 Å². The number of carbonyl (C=O) groups is 1. The highest BCUT2D eigenvalue weighted by Gasteiger charge is 2.15. The SMILES string of the molecule is CC(C(=O)NCc1csc(Cc2ccccc2)n1)n1cncn1. The van der Waals surface area contributed by atoms with E-state index in [0.29, 0.717) is 6.54 Å². The summed E-state index contributed by atoms with van der Waals surface area (Å²) in [7, 11) is 0. The van der Waals surface area contributed by atoms with Gasteiger partial charge in [0.05, 0.1) is 17.2 Å². The largest absolute Gasteiger partial charge is 0.349 e. The number of amides is 1. The van der Waals surface area contributed by atoms with Crippen LogP contribution in [0.2, 0.25) is 0 Å². The molecule has 23 heavy (non-hydrogen) atoms. The van der Waals surface area contributed by atoms with Crippen LogP contribution in [0.5, 0.6) is 0 Å². The number of rotatable bonds is 6. The van der Waals surface area contributed by atoms with E-state index < -0.39 is 0 Å². The number of nitrogens with zero attached hydrogens (tertiary/aromatic N) is 4. The summed E-state index contributed by atoms with van der Waals surface area (Å²) in [6.45, 7) is 2.20. The summed E-state index contributed by atoms with van der Waals surface area (Å²) in [4.78, 5) is 20.5. The summed E-state index contributed by atoms with van der Waals surface area (Å²) in [6, 6.07) is 9.83. The number of benzene rings is 1. The van der Waals surface area contributed by atoms with E-state index in [1.54, 1.807) is 18.3 Å². The molecule has 118 valence electrons. The van der Waals surface area contributed by atoms with Crippen molar-refractivity contribution in [2.24, 2.45) is 0 Å². The molecule has 0 radical (unpaired) electrons. The summed E-state index contributed by atoms with van der Waals surface area (Å²) < 4.78 is 1.53. The van der Waals surface area contributed by atoms with Crippen molar-refractivity contribution in [2.45, 2.75) is 25.9 Å². The quantitative estimate of drug-likeness (QED) is 0.753. The topological polar surface area (TPSA) is 72.7 Å². The highest BCUT2D eigenvalue weighted by atomic mass is 32.1. The molecule has 1 unspecified atom stereocenters. The fraction of sp³-hybridized carbons (Fsp3) is 0.250. The van der Waals surface area contributed by atoms with Crippen LogP contribution in [0.3, 0.4) is 0 Å². The number of hydrogen-bond acceptors (Lipinski definition) is 5. The minimum atomic E-state index is -0.389. The average molecular weight is 327 g/mol. The lowest BCUT2D eigenvalue weighted by molar-refractivity contribution is -0.124. The lowest BCUT2D eigenvalue weighted by atomic mass is 10.2. The fourth-order valence-electron chi connectivity index (χ4n) is 2.14. The molecule has 7 heteroatoms. The van der Waals surface area contributed by atoms with Gasteiger partial charge < -0.3 is 5.32 Å². The van der Waals surface area contributed by atoms with Gasteiger partial charge >= 0.3 is 0 Å². The van der Waals surface area contributed by atoms with Gasteiger partial charge in [-0.1, -0.05) is 30.3 Å². The van der Waals surface area contributed by atoms with Crippen molar-refractivity contribution in [2.75, 3.05) is 0 Å². The lowest BCUT2D eigenvalue weighted by Gasteiger charge is -2.11. The smallest absolute Gasteiger partial charge is 0.244 e. The van der Waals surface area contributed by atoms with E-state index in [0.717, 1.165) is 17.1 Å². The molecular formula is C16H17N5OS. The van der Waals surface area contributed by atoms with Crippen molar-refractivity contribution >= 4 is 17.2 Å². The molecule has 1 atom stereocenters. The summed E-state index contributed by atoms with van der Waals surface area (Å²) >= 11 is 1.61. The number of nitrogens with one attached hydrogen (secondary N) is 1. The number of carbonyl (C=O) groups excluding carboxylic acids is 1. The van der Waals surface area contributed by atoms with Gasteiger partial charge in [-0.05, 0) is 12.5 Å². The maximum Gasteiger partial charge on any atom is 0.244 e. The van der Waals surface area contributed by atoms with E-state index >= 15 is 0 Å². The zero-order valence-corrected chi connectivity index (χ0v) is 13.5. The molecule has 0 aliphatic rings. The van der Waals surface area contributed by atoms with Crippen LogP contribution in [0.4, 0.5) is 0 Å². The summed E-state index contributed by atoms with van der Waals surface area (Å²) in [5.74, 6) is -0.104. The van der Waals surface area contributed by atoms with Gasteiger partial charge in [0.2, 0.25) is 5.91 Å². The third-order valence-corrected chi connectivity index (χ3v) is 4.35. The lowest BCUT2D eigenvalue weighted by Crippen LogP contribution is -2.30. The minimum absolute atomic E-state index is 0.104. The van der Waals surface area contributed by atoms with Crippen LogP contribution < -0.4 is 5.32 Å². The van der Waals surface area contributed by atoms with Crippen molar-refractivity contribution in [3.8, 4) is 0 Å². The van der Waals surface area contributed by atoms with Crippen molar-refractivity contribution in [3.63, 3.8) is 0 Å². The maximum atomic E-state index is 12.1. The van der Waals surface area contributed by atoms with Crippen LogP contribution in [-0.4, -0.2) is 25.7 Å². The molecule has 0 spiro atoms. The molecular weight excluding hydrogens is 310 g/mol. The molecule has 3 aromatic rings. The van der Waals surface area contributed by atoms with Gasteiger partial charge in [0.25, 0.3) is 0 Å². The van der Waals surface area contributed by atoms with E-state index in [1.165, 1.54) is 22.9 Å². The molecule has 6 nitrogen and oxygen atoms in total. The standard InChI is InChI=1S/C16H17N5OS/c1-12(21-11-17-10-19-21)16(22)18-8-14-9-23-15(20-14)7-13-5-3-2-4-6-13/h2-6,9-12H,7-8H2,1H3,(H,18,22). The number of hydrogen-bond donors (Lipinski definition) is 1. The fourth-order valence-corrected chi connectivity index (χ4v) is 2.97. The predicted octanol–water partition coefficient (Wildman–Crippen LogP) is 2.20. The van der Waals surface area contributed by atoms with Gasteiger partial charge in [-0.2, -0.15) is 5.10 Å². The molecule has 0 saturated heterocycles. The van der Waals surface area contributed by atoms with Crippen molar-refractivity contribution in [3.05, 3.63) is 64.6 Å². The molecule has 0 aliphatic heterocycles. The Morgan fingerprint density at radius 3 is 2.91 bits per heavy atom. The minimum Gasteiger partial charge on any atom is -0.349 e. The maximum absolute atomic E-state index is 12.1. The number of aromatic nitrogens is 4. The predicted molar refractivity (Wildman–Crippen MR) is 87.9 cm³/mol. The van der Waals surface area contributed by atoms with Gasteiger partial charge in [-0.25, -0.2) is 14.6 Å².